The molecule has 134 valence electrons. The van der Waals surface area contributed by atoms with E-state index in [1.54, 1.807) is 36.9 Å². The van der Waals surface area contributed by atoms with Crippen LogP contribution in [0.25, 0.3) is 0 Å². The predicted octanol–water partition coefficient (Wildman–Crippen LogP) is 3.51. The first-order valence-corrected chi connectivity index (χ1v) is 8.07. The van der Waals surface area contributed by atoms with E-state index in [1.807, 2.05) is 20.8 Å². The molecule has 0 N–H and O–H groups in total. The molecule has 0 aliphatic heterocycles. The van der Waals surface area contributed by atoms with Crippen LogP contribution in [0.4, 0.5) is 0 Å². The van der Waals surface area contributed by atoms with Crippen molar-refractivity contribution >= 4 is 11.8 Å². The van der Waals surface area contributed by atoms with Crippen LogP contribution in [0.5, 0.6) is 11.8 Å². The molecule has 2 rings (SSSR count). The summed E-state index contributed by atoms with van der Waals surface area (Å²) in [5.41, 5.74) is 0.637. The van der Waals surface area contributed by atoms with Crippen LogP contribution in [0, 0.1) is 6.92 Å². The topological polar surface area (TPSA) is 83.3 Å². The maximum atomic E-state index is 12.2. The number of hydrogen-bond donors (Lipinski definition) is 0. The summed E-state index contributed by atoms with van der Waals surface area (Å²) in [5, 5.41) is 4.37. The minimum absolute atomic E-state index is 0.159. The average Bonchev–Trinajstić information content (AvgIpc) is 2.85. The van der Waals surface area contributed by atoms with Crippen molar-refractivity contribution in [3.8, 4) is 11.8 Å². The first-order chi connectivity index (χ1) is 11.7. The van der Waals surface area contributed by atoms with Crippen LogP contribution in [0.1, 0.15) is 61.0 Å². The molecule has 0 atom stereocenters. The second kappa shape index (κ2) is 7.04. The zero-order chi connectivity index (χ0) is 18.8. The Labute approximate surface area is 147 Å². The van der Waals surface area contributed by atoms with Gasteiger partial charge in [0.25, 0.3) is 0 Å². The van der Waals surface area contributed by atoms with E-state index >= 15 is 0 Å². The fraction of sp³-hybridized carbons (Fsp3) is 0.444. The van der Waals surface area contributed by atoms with Gasteiger partial charge in [0, 0.05) is 11.8 Å². The molecule has 0 saturated carbocycles. The van der Waals surface area contributed by atoms with Gasteiger partial charge in [-0.25, -0.2) is 14.5 Å². The summed E-state index contributed by atoms with van der Waals surface area (Å²) in [6, 6.07) is 3.31. The molecule has 0 saturated heterocycles. The molecule has 2 aromatic heterocycles. The number of carbonyl (C=O) groups is 2. The van der Waals surface area contributed by atoms with Crippen molar-refractivity contribution in [3.63, 3.8) is 0 Å². The molecule has 0 bridgehead atoms. The minimum atomic E-state index is -0.513. The van der Waals surface area contributed by atoms with Gasteiger partial charge in [0.15, 0.2) is 11.5 Å². The van der Waals surface area contributed by atoms with Gasteiger partial charge in [-0.2, -0.15) is 5.10 Å². The molecule has 0 aliphatic carbocycles. The second-order valence-electron chi connectivity index (χ2n) is 6.60. The standard InChI is InChI=1S/C18H23N3O4/c1-7-24-17(23)14-11(2)16(21(20-14)18(4,5)6)25-15-13(12(3)22)9-8-10-19-15/h8-10H,7H2,1-6H3. The fourth-order valence-electron chi connectivity index (χ4n) is 2.28. The van der Waals surface area contributed by atoms with E-state index in [0.717, 1.165) is 0 Å². The monoisotopic (exact) mass is 345 g/mol. The molecule has 2 aromatic rings. The molecule has 25 heavy (non-hydrogen) atoms. The lowest BCUT2D eigenvalue weighted by Gasteiger charge is -2.22. The number of ketones is 1. The Bertz CT molecular complexity index is 803. The molecule has 0 aromatic carbocycles. The Morgan fingerprint density at radius 1 is 1.28 bits per heavy atom. The van der Waals surface area contributed by atoms with Crippen molar-refractivity contribution in [1.29, 1.82) is 0 Å². The van der Waals surface area contributed by atoms with Gasteiger partial charge in [0.1, 0.15) is 0 Å². The first-order valence-electron chi connectivity index (χ1n) is 8.07. The zero-order valence-corrected chi connectivity index (χ0v) is 15.4. The Balaban J connectivity index is 2.57. The van der Waals surface area contributed by atoms with Gasteiger partial charge in [0.05, 0.1) is 17.7 Å². The van der Waals surface area contributed by atoms with Crippen LogP contribution in [0.3, 0.4) is 0 Å². The van der Waals surface area contributed by atoms with Gasteiger partial charge in [-0.1, -0.05) is 0 Å². The summed E-state index contributed by atoms with van der Waals surface area (Å²) in [4.78, 5) is 28.1. The molecule has 7 heteroatoms. The predicted molar refractivity (Wildman–Crippen MR) is 92.2 cm³/mol. The second-order valence-corrected chi connectivity index (χ2v) is 6.60. The summed E-state index contributed by atoms with van der Waals surface area (Å²) in [6.45, 7) is 11.0. The van der Waals surface area contributed by atoms with E-state index in [-0.39, 0.29) is 24.0 Å². The van der Waals surface area contributed by atoms with Crippen LogP contribution in [-0.2, 0) is 10.3 Å². The summed E-state index contributed by atoms with van der Waals surface area (Å²) in [5.74, 6) is -0.135. The molecule has 2 heterocycles. The van der Waals surface area contributed by atoms with Crippen LogP contribution < -0.4 is 4.74 Å². The van der Waals surface area contributed by atoms with Crippen LogP contribution in [0.15, 0.2) is 18.3 Å². The summed E-state index contributed by atoms with van der Waals surface area (Å²) in [7, 11) is 0. The Morgan fingerprint density at radius 2 is 1.96 bits per heavy atom. The van der Waals surface area contributed by atoms with Gasteiger partial charge in [0.2, 0.25) is 11.8 Å². The van der Waals surface area contributed by atoms with Crippen LogP contribution in [-0.4, -0.2) is 33.1 Å². The minimum Gasteiger partial charge on any atom is -0.461 e. The van der Waals surface area contributed by atoms with E-state index in [0.29, 0.717) is 17.0 Å². The van der Waals surface area contributed by atoms with E-state index in [9.17, 15) is 9.59 Å². The highest BCUT2D eigenvalue weighted by Gasteiger charge is 2.29. The normalized spacial score (nSPS) is 11.3. The maximum absolute atomic E-state index is 12.2. The number of pyridine rings is 1. The number of esters is 1. The number of carbonyl (C=O) groups excluding carboxylic acids is 2. The Hall–Kier alpha value is -2.70. The van der Waals surface area contributed by atoms with Crippen molar-refractivity contribution in [1.82, 2.24) is 14.8 Å². The quantitative estimate of drug-likeness (QED) is 0.609. The number of ether oxygens (including phenoxy) is 2. The molecular weight excluding hydrogens is 322 g/mol. The smallest absolute Gasteiger partial charge is 0.359 e. The molecular formula is C18H23N3O4. The number of aromatic nitrogens is 3. The summed E-state index contributed by atoms with van der Waals surface area (Å²) >= 11 is 0. The van der Waals surface area contributed by atoms with Crippen molar-refractivity contribution in [2.24, 2.45) is 0 Å². The lowest BCUT2D eigenvalue weighted by Crippen LogP contribution is -2.24. The molecule has 0 fully saturated rings. The van der Waals surface area contributed by atoms with E-state index < -0.39 is 11.5 Å². The SMILES string of the molecule is CCOC(=O)c1nn(C(C)(C)C)c(Oc2ncccc2C(C)=O)c1C. The van der Waals surface area contributed by atoms with Crippen molar-refractivity contribution in [3.05, 3.63) is 35.2 Å². The lowest BCUT2D eigenvalue weighted by atomic mass is 10.1. The summed E-state index contributed by atoms with van der Waals surface area (Å²) in [6.07, 6.45) is 1.54. The van der Waals surface area contributed by atoms with Gasteiger partial charge >= 0.3 is 5.97 Å². The number of hydrogen-bond acceptors (Lipinski definition) is 6. The largest absolute Gasteiger partial charge is 0.461 e. The highest BCUT2D eigenvalue weighted by molar-refractivity contribution is 5.96. The molecule has 0 aliphatic rings. The fourth-order valence-corrected chi connectivity index (χ4v) is 2.28. The maximum Gasteiger partial charge on any atom is 0.359 e. The number of rotatable bonds is 5. The van der Waals surface area contributed by atoms with E-state index in [1.165, 1.54) is 6.92 Å². The van der Waals surface area contributed by atoms with Crippen LogP contribution >= 0.6 is 0 Å². The summed E-state index contributed by atoms with van der Waals surface area (Å²) < 4.78 is 12.6. The van der Waals surface area contributed by atoms with Crippen molar-refractivity contribution in [2.45, 2.75) is 47.1 Å². The highest BCUT2D eigenvalue weighted by atomic mass is 16.5. The third-order valence-electron chi connectivity index (χ3n) is 3.52. The number of Topliss-reactive ketones (excluding diaryl/α,β-unsaturated/α-hetero) is 1. The highest BCUT2D eigenvalue weighted by Crippen LogP contribution is 2.33. The van der Waals surface area contributed by atoms with Gasteiger partial charge in [-0.05, 0) is 53.7 Å². The Kier molecular flexibility index (Phi) is 5.25. The van der Waals surface area contributed by atoms with Crippen molar-refractivity contribution < 1.29 is 19.1 Å². The average molecular weight is 345 g/mol. The van der Waals surface area contributed by atoms with Crippen molar-refractivity contribution in [2.75, 3.05) is 6.61 Å². The van der Waals surface area contributed by atoms with Gasteiger partial charge < -0.3 is 9.47 Å². The molecule has 0 radical (unpaired) electrons. The van der Waals surface area contributed by atoms with E-state index in [4.69, 9.17) is 9.47 Å². The third kappa shape index (κ3) is 3.87. The first kappa shape index (κ1) is 18.6. The van der Waals surface area contributed by atoms with E-state index in [2.05, 4.69) is 10.1 Å². The third-order valence-corrected chi connectivity index (χ3v) is 3.52. The Morgan fingerprint density at radius 3 is 2.52 bits per heavy atom. The van der Waals surface area contributed by atoms with Gasteiger partial charge in [-0.3, -0.25) is 4.79 Å². The number of nitrogens with zero attached hydrogens (tertiary/aromatic N) is 3. The molecule has 7 nitrogen and oxygen atoms in total. The van der Waals surface area contributed by atoms with Gasteiger partial charge in [-0.15, -0.1) is 0 Å². The lowest BCUT2D eigenvalue weighted by molar-refractivity contribution is 0.0516. The molecule has 0 spiro atoms. The van der Waals surface area contributed by atoms with Crippen LogP contribution in [0.2, 0.25) is 0 Å². The molecule has 0 unspecified atom stereocenters. The zero-order valence-electron chi connectivity index (χ0n) is 15.4. The molecule has 0 amide bonds.